The normalized spacial score (nSPS) is 17.7. The summed E-state index contributed by atoms with van der Waals surface area (Å²) in [5, 5.41) is 12.6. The summed E-state index contributed by atoms with van der Waals surface area (Å²) in [6.07, 6.45) is 2.31. The molecule has 0 saturated carbocycles. The molecule has 1 atom stereocenters. The minimum absolute atomic E-state index is 0.255. The Morgan fingerprint density at radius 3 is 2.53 bits per heavy atom. The lowest BCUT2D eigenvalue weighted by Crippen LogP contribution is -2.42. The summed E-state index contributed by atoms with van der Waals surface area (Å²) in [7, 11) is 0. The fourth-order valence-electron chi connectivity index (χ4n) is 4.54. The second-order valence-electron chi connectivity index (χ2n) is 8.41. The number of nitrogens with zero attached hydrogens (tertiary/aromatic N) is 1. The van der Waals surface area contributed by atoms with E-state index in [9.17, 15) is 14.7 Å². The first-order valence-corrected chi connectivity index (χ1v) is 10.8. The molecule has 0 radical (unpaired) electrons. The summed E-state index contributed by atoms with van der Waals surface area (Å²) in [5.41, 5.74) is 2.99. The second kappa shape index (κ2) is 7.77. The molecule has 0 spiro atoms. The van der Waals surface area contributed by atoms with Crippen LogP contribution in [-0.4, -0.2) is 28.3 Å². The summed E-state index contributed by atoms with van der Waals surface area (Å²) in [5.74, 6) is -0.701. The molecule has 1 aromatic heterocycles. The number of benzene rings is 3. The number of amides is 1. The van der Waals surface area contributed by atoms with Crippen LogP contribution in [-0.2, 0) is 16.8 Å². The molecule has 1 amide bonds. The zero-order valence-electron chi connectivity index (χ0n) is 17.8. The zero-order chi connectivity index (χ0) is 22.3. The largest absolute Gasteiger partial charge is 0.375 e. The average Bonchev–Trinajstić information content (AvgIpc) is 3.30. The van der Waals surface area contributed by atoms with Crippen LogP contribution in [0, 0.1) is 6.92 Å². The molecule has 0 aliphatic carbocycles. The summed E-state index contributed by atoms with van der Waals surface area (Å²) < 4.78 is 0. The molecular weight excluding hydrogens is 400 g/mol. The highest BCUT2D eigenvalue weighted by Crippen LogP contribution is 2.43. The van der Waals surface area contributed by atoms with Gasteiger partial charge in [-0.25, -0.2) is 0 Å². The van der Waals surface area contributed by atoms with E-state index in [4.69, 9.17) is 0 Å². The van der Waals surface area contributed by atoms with E-state index in [2.05, 4.69) is 11.1 Å². The van der Waals surface area contributed by atoms with E-state index >= 15 is 0 Å². The van der Waals surface area contributed by atoms with Gasteiger partial charge in [-0.05, 0) is 31.0 Å². The molecule has 1 aliphatic heterocycles. The van der Waals surface area contributed by atoms with Crippen molar-refractivity contribution in [3.8, 4) is 0 Å². The molecule has 0 bridgehead atoms. The van der Waals surface area contributed by atoms with Gasteiger partial charge < -0.3 is 15.0 Å². The molecule has 4 aromatic rings. The smallest absolute Gasteiger partial charge is 0.264 e. The van der Waals surface area contributed by atoms with Crippen LogP contribution < -0.4 is 4.90 Å². The molecule has 5 heteroatoms. The van der Waals surface area contributed by atoms with Crippen LogP contribution >= 0.6 is 0 Å². The highest BCUT2D eigenvalue weighted by molar-refractivity contribution is 6.10. The molecule has 0 fully saturated rings. The number of fused-ring (bicyclic) bond motifs is 2. The molecule has 160 valence electrons. The number of hydrogen-bond acceptors (Lipinski definition) is 3. The van der Waals surface area contributed by atoms with Crippen LogP contribution in [0.1, 0.15) is 33.5 Å². The molecular formula is C27H24N2O3. The Labute approximate surface area is 186 Å². The second-order valence-corrected chi connectivity index (χ2v) is 8.41. The maximum absolute atomic E-state index is 13.4. The van der Waals surface area contributed by atoms with Crippen LogP contribution in [0.15, 0.2) is 79.0 Å². The van der Waals surface area contributed by atoms with Gasteiger partial charge in [0.1, 0.15) is 0 Å². The van der Waals surface area contributed by atoms with Gasteiger partial charge in [-0.3, -0.25) is 9.59 Å². The first kappa shape index (κ1) is 20.2. The number of ketones is 1. The Bertz CT molecular complexity index is 1320. The highest BCUT2D eigenvalue weighted by atomic mass is 16.3. The summed E-state index contributed by atoms with van der Waals surface area (Å²) in [6, 6.07) is 22.4. The number of nitrogens with one attached hydrogen (secondary N) is 1. The molecule has 32 heavy (non-hydrogen) atoms. The number of para-hydroxylation sites is 2. The maximum atomic E-state index is 13.4. The van der Waals surface area contributed by atoms with Gasteiger partial charge in [0.05, 0.1) is 12.1 Å². The lowest BCUT2D eigenvalue weighted by atomic mass is 9.88. The van der Waals surface area contributed by atoms with Crippen molar-refractivity contribution in [2.24, 2.45) is 0 Å². The van der Waals surface area contributed by atoms with E-state index in [1.54, 1.807) is 29.2 Å². The van der Waals surface area contributed by atoms with Gasteiger partial charge >= 0.3 is 0 Å². The van der Waals surface area contributed by atoms with Crippen LogP contribution in [0.2, 0.25) is 0 Å². The topological polar surface area (TPSA) is 73.4 Å². The predicted octanol–water partition coefficient (Wildman–Crippen LogP) is 4.53. The van der Waals surface area contributed by atoms with E-state index in [1.807, 2.05) is 55.6 Å². The number of anilines is 1. The monoisotopic (exact) mass is 424 g/mol. The molecule has 1 aliphatic rings. The highest BCUT2D eigenvalue weighted by Gasteiger charge is 2.50. The quantitative estimate of drug-likeness (QED) is 0.447. The van der Waals surface area contributed by atoms with Crippen molar-refractivity contribution in [3.63, 3.8) is 0 Å². The maximum Gasteiger partial charge on any atom is 0.264 e. The van der Waals surface area contributed by atoms with Crippen molar-refractivity contribution in [3.05, 3.63) is 101 Å². The standard InChI is InChI=1S/C27H24N2O3/c1-18-10-12-19(13-11-18)25(30)16-27(32)22-7-3-5-9-24(22)29(26(27)31)15-14-20-17-28-23-8-4-2-6-21(20)23/h2-13,17,28,32H,14-16H2,1H3. The number of aromatic amines is 1. The molecule has 2 heterocycles. The van der Waals surface area contributed by atoms with Crippen LogP contribution in [0.4, 0.5) is 5.69 Å². The predicted molar refractivity (Wildman–Crippen MR) is 125 cm³/mol. The molecule has 5 nitrogen and oxygen atoms in total. The lowest BCUT2D eigenvalue weighted by Gasteiger charge is -2.23. The average molecular weight is 425 g/mol. The third kappa shape index (κ3) is 3.31. The Balaban J connectivity index is 1.42. The Kier molecular flexibility index (Phi) is 4.91. The van der Waals surface area contributed by atoms with Crippen LogP contribution in [0.5, 0.6) is 0 Å². The van der Waals surface area contributed by atoms with Gasteiger partial charge in [0, 0.05) is 34.8 Å². The lowest BCUT2D eigenvalue weighted by molar-refractivity contribution is -0.135. The fraction of sp³-hybridized carbons (Fsp3) is 0.185. The summed E-state index contributed by atoms with van der Waals surface area (Å²) in [4.78, 5) is 31.3. The number of rotatable bonds is 6. The number of Topliss-reactive ketones (excluding diaryl/α,β-unsaturated/α-hetero) is 1. The minimum atomic E-state index is -1.86. The molecule has 3 aromatic carbocycles. The van der Waals surface area contributed by atoms with Gasteiger partial charge in [0.25, 0.3) is 5.91 Å². The van der Waals surface area contributed by atoms with E-state index in [-0.39, 0.29) is 12.2 Å². The number of hydrogen-bond donors (Lipinski definition) is 2. The van der Waals surface area contributed by atoms with Crippen molar-refractivity contribution in [1.82, 2.24) is 4.98 Å². The Hall–Kier alpha value is -3.70. The van der Waals surface area contributed by atoms with Gasteiger partial charge in [-0.15, -0.1) is 0 Å². The molecule has 0 saturated heterocycles. The number of carbonyl (C=O) groups is 2. The summed E-state index contributed by atoms with van der Waals surface area (Å²) in [6.45, 7) is 2.36. The number of aryl methyl sites for hydroxylation is 1. The number of aromatic nitrogens is 1. The van der Waals surface area contributed by atoms with Crippen molar-refractivity contribution < 1.29 is 14.7 Å². The van der Waals surface area contributed by atoms with Gasteiger partial charge in [-0.2, -0.15) is 0 Å². The van der Waals surface area contributed by atoms with E-state index in [0.717, 1.165) is 22.0 Å². The van der Waals surface area contributed by atoms with Crippen molar-refractivity contribution in [2.75, 3.05) is 11.4 Å². The molecule has 2 N–H and O–H groups in total. The molecule has 5 rings (SSSR count). The number of H-pyrrole nitrogens is 1. The fourth-order valence-corrected chi connectivity index (χ4v) is 4.54. The number of carbonyl (C=O) groups excluding carboxylic acids is 2. The van der Waals surface area contributed by atoms with Crippen molar-refractivity contribution in [1.29, 1.82) is 0 Å². The first-order valence-electron chi connectivity index (χ1n) is 10.8. The van der Waals surface area contributed by atoms with E-state index in [1.165, 1.54) is 0 Å². The van der Waals surface area contributed by atoms with E-state index < -0.39 is 11.5 Å². The van der Waals surface area contributed by atoms with Crippen LogP contribution in [0.3, 0.4) is 0 Å². The van der Waals surface area contributed by atoms with Gasteiger partial charge in [0.2, 0.25) is 0 Å². The summed E-state index contributed by atoms with van der Waals surface area (Å²) >= 11 is 0. The van der Waals surface area contributed by atoms with Crippen molar-refractivity contribution in [2.45, 2.75) is 25.4 Å². The third-order valence-corrected chi connectivity index (χ3v) is 6.31. The first-order chi connectivity index (χ1) is 15.5. The SMILES string of the molecule is Cc1ccc(C(=O)CC2(O)C(=O)N(CCc3c[nH]c4ccccc34)c3ccccc32)cc1. The van der Waals surface area contributed by atoms with Gasteiger partial charge in [0.15, 0.2) is 11.4 Å². The third-order valence-electron chi connectivity index (χ3n) is 6.31. The van der Waals surface area contributed by atoms with Gasteiger partial charge in [-0.1, -0.05) is 66.2 Å². The Morgan fingerprint density at radius 1 is 1.00 bits per heavy atom. The van der Waals surface area contributed by atoms with E-state index in [0.29, 0.717) is 29.8 Å². The zero-order valence-corrected chi connectivity index (χ0v) is 17.8. The Morgan fingerprint density at radius 2 is 1.72 bits per heavy atom. The molecule has 1 unspecified atom stereocenters. The number of aliphatic hydroxyl groups is 1. The minimum Gasteiger partial charge on any atom is -0.375 e. The van der Waals surface area contributed by atoms with Crippen molar-refractivity contribution >= 4 is 28.3 Å². The van der Waals surface area contributed by atoms with Crippen LogP contribution in [0.25, 0.3) is 10.9 Å².